The number of aromatic nitrogens is 4. The molecule has 0 fully saturated rings. The zero-order chi connectivity index (χ0) is 15.4. The highest BCUT2D eigenvalue weighted by molar-refractivity contribution is 5.59. The molecule has 114 valence electrons. The maximum Gasteiger partial charge on any atom is 0.185 e. The first-order valence-corrected chi connectivity index (χ1v) is 7.32. The van der Waals surface area contributed by atoms with Gasteiger partial charge in [0.15, 0.2) is 5.82 Å². The van der Waals surface area contributed by atoms with Crippen LogP contribution in [-0.2, 0) is 0 Å². The van der Waals surface area contributed by atoms with E-state index < -0.39 is 5.82 Å². The molecule has 5 nitrogen and oxygen atoms in total. The van der Waals surface area contributed by atoms with Gasteiger partial charge < -0.3 is 5.73 Å². The topological polar surface area (TPSA) is 69.6 Å². The fraction of sp³-hybridized carbons (Fsp3) is 0.533. The molecule has 1 atom stereocenters. The first-order valence-electron chi connectivity index (χ1n) is 7.32. The molecular formula is C15H22FN5. The standard InChI is InChI=1S/C15H22FN5/c1-10(2)5-4-6-11(3)21-15(18-19-20-21)13-8-7-12(17)9-14(13)16/h7-11H,4-6,17H2,1-3H3. The number of nitrogens with two attached hydrogens (primary N) is 1. The predicted octanol–water partition coefficient (Wildman–Crippen LogP) is 3.45. The summed E-state index contributed by atoms with van der Waals surface area (Å²) in [5.41, 5.74) is 6.34. The van der Waals surface area contributed by atoms with Crippen LogP contribution in [0.1, 0.15) is 46.1 Å². The molecule has 21 heavy (non-hydrogen) atoms. The van der Waals surface area contributed by atoms with Crippen molar-refractivity contribution >= 4 is 5.69 Å². The number of anilines is 1. The van der Waals surface area contributed by atoms with Crippen molar-refractivity contribution in [1.82, 2.24) is 20.2 Å². The van der Waals surface area contributed by atoms with Crippen LogP contribution in [0.3, 0.4) is 0 Å². The van der Waals surface area contributed by atoms with E-state index >= 15 is 0 Å². The van der Waals surface area contributed by atoms with E-state index in [1.165, 1.54) is 6.07 Å². The minimum atomic E-state index is -0.402. The molecular weight excluding hydrogens is 269 g/mol. The maximum absolute atomic E-state index is 14.0. The van der Waals surface area contributed by atoms with Crippen LogP contribution in [0.15, 0.2) is 18.2 Å². The Morgan fingerprint density at radius 3 is 2.67 bits per heavy atom. The fourth-order valence-electron chi connectivity index (χ4n) is 2.32. The van der Waals surface area contributed by atoms with Crippen LogP contribution in [0, 0.1) is 11.7 Å². The Hall–Kier alpha value is -1.98. The molecule has 0 spiro atoms. The second-order valence-corrected chi connectivity index (χ2v) is 5.86. The van der Waals surface area contributed by atoms with Crippen molar-refractivity contribution < 1.29 is 4.39 Å². The molecule has 0 bridgehead atoms. The van der Waals surface area contributed by atoms with Gasteiger partial charge in [-0.15, -0.1) is 5.10 Å². The van der Waals surface area contributed by atoms with E-state index in [1.54, 1.807) is 16.8 Å². The number of tetrazole rings is 1. The minimum absolute atomic E-state index is 0.130. The van der Waals surface area contributed by atoms with Gasteiger partial charge in [-0.2, -0.15) is 0 Å². The highest BCUT2D eigenvalue weighted by atomic mass is 19.1. The van der Waals surface area contributed by atoms with E-state index in [1.807, 2.05) is 0 Å². The van der Waals surface area contributed by atoms with Crippen LogP contribution >= 0.6 is 0 Å². The third kappa shape index (κ3) is 3.77. The molecule has 0 saturated carbocycles. The molecule has 1 unspecified atom stereocenters. The number of rotatable bonds is 6. The fourth-order valence-corrected chi connectivity index (χ4v) is 2.32. The van der Waals surface area contributed by atoms with Crippen molar-refractivity contribution in [2.24, 2.45) is 5.92 Å². The lowest BCUT2D eigenvalue weighted by atomic mass is 10.0. The van der Waals surface area contributed by atoms with Crippen LogP contribution in [0.2, 0.25) is 0 Å². The van der Waals surface area contributed by atoms with Gasteiger partial charge in [0, 0.05) is 5.69 Å². The zero-order valence-electron chi connectivity index (χ0n) is 12.8. The molecule has 0 radical (unpaired) electrons. The van der Waals surface area contributed by atoms with E-state index in [2.05, 4.69) is 36.3 Å². The Balaban J connectivity index is 2.18. The molecule has 1 aromatic carbocycles. The number of halogens is 1. The summed E-state index contributed by atoms with van der Waals surface area (Å²) in [5, 5.41) is 11.7. The maximum atomic E-state index is 14.0. The molecule has 0 aliphatic carbocycles. The van der Waals surface area contributed by atoms with Crippen molar-refractivity contribution in [3.8, 4) is 11.4 Å². The van der Waals surface area contributed by atoms with E-state index in [9.17, 15) is 4.39 Å². The lowest BCUT2D eigenvalue weighted by molar-refractivity contribution is 0.414. The highest BCUT2D eigenvalue weighted by Gasteiger charge is 2.17. The van der Waals surface area contributed by atoms with Gasteiger partial charge in [-0.3, -0.25) is 0 Å². The summed E-state index contributed by atoms with van der Waals surface area (Å²) in [5.74, 6) is 0.727. The average molecular weight is 291 g/mol. The van der Waals surface area contributed by atoms with Gasteiger partial charge >= 0.3 is 0 Å². The Labute approximate surface area is 124 Å². The van der Waals surface area contributed by atoms with E-state index in [4.69, 9.17) is 5.73 Å². The van der Waals surface area contributed by atoms with Crippen molar-refractivity contribution in [3.05, 3.63) is 24.0 Å². The molecule has 2 N–H and O–H groups in total. The molecule has 2 rings (SSSR count). The van der Waals surface area contributed by atoms with Gasteiger partial charge in [-0.05, 0) is 47.9 Å². The van der Waals surface area contributed by atoms with Gasteiger partial charge in [0.25, 0.3) is 0 Å². The second kappa shape index (κ2) is 6.65. The van der Waals surface area contributed by atoms with Crippen LogP contribution in [0.5, 0.6) is 0 Å². The highest BCUT2D eigenvalue weighted by Crippen LogP contribution is 2.25. The summed E-state index contributed by atoms with van der Waals surface area (Å²) < 4.78 is 15.7. The van der Waals surface area contributed by atoms with Crippen LogP contribution in [-0.4, -0.2) is 20.2 Å². The molecule has 0 saturated heterocycles. The molecule has 1 heterocycles. The molecule has 0 amide bonds. The average Bonchev–Trinajstić information content (AvgIpc) is 2.87. The predicted molar refractivity (Wildman–Crippen MR) is 81.0 cm³/mol. The summed E-state index contributed by atoms with van der Waals surface area (Å²) in [6.45, 7) is 6.46. The summed E-state index contributed by atoms with van der Waals surface area (Å²) >= 11 is 0. The van der Waals surface area contributed by atoms with Crippen molar-refractivity contribution in [3.63, 3.8) is 0 Å². The summed E-state index contributed by atoms with van der Waals surface area (Å²) in [6.07, 6.45) is 3.23. The summed E-state index contributed by atoms with van der Waals surface area (Å²) in [6, 6.07) is 4.69. The third-order valence-corrected chi connectivity index (χ3v) is 3.55. The summed E-state index contributed by atoms with van der Waals surface area (Å²) in [7, 11) is 0. The van der Waals surface area contributed by atoms with Gasteiger partial charge in [0.1, 0.15) is 5.82 Å². The van der Waals surface area contributed by atoms with Crippen molar-refractivity contribution in [2.75, 3.05) is 5.73 Å². The number of benzene rings is 1. The van der Waals surface area contributed by atoms with Gasteiger partial charge in [0.05, 0.1) is 11.6 Å². The van der Waals surface area contributed by atoms with Crippen LogP contribution in [0.25, 0.3) is 11.4 Å². The lowest BCUT2D eigenvalue weighted by Gasteiger charge is -2.14. The lowest BCUT2D eigenvalue weighted by Crippen LogP contribution is -2.10. The van der Waals surface area contributed by atoms with E-state index in [0.717, 1.165) is 19.3 Å². The second-order valence-electron chi connectivity index (χ2n) is 5.86. The van der Waals surface area contributed by atoms with Gasteiger partial charge in [-0.25, -0.2) is 9.07 Å². The smallest absolute Gasteiger partial charge is 0.185 e. The normalized spacial score (nSPS) is 12.8. The van der Waals surface area contributed by atoms with Gasteiger partial charge in [-0.1, -0.05) is 26.7 Å². The Morgan fingerprint density at radius 2 is 2.00 bits per heavy atom. The van der Waals surface area contributed by atoms with Crippen molar-refractivity contribution in [2.45, 2.75) is 46.1 Å². The van der Waals surface area contributed by atoms with Crippen LogP contribution in [0.4, 0.5) is 10.1 Å². The van der Waals surface area contributed by atoms with E-state index in [0.29, 0.717) is 23.0 Å². The van der Waals surface area contributed by atoms with E-state index in [-0.39, 0.29) is 6.04 Å². The largest absolute Gasteiger partial charge is 0.399 e. The number of hydrogen-bond donors (Lipinski definition) is 1. The molecule has 0 aliphatic heterocycles. The quantitative estimate of drug-likeness (QED) is 0.828. The van der Waals surface area contributed by atoms with Gasteiger partial charge in [0.2, 0.25) is 0 Å². The first-order chi connectivity index (χ1) is 9.99. The molecule has 2 aromatic rings. The first kappa shape index (κ1) is 15.4. The Bertz CT molecular complexity index is 593. The Morgan fingerprint density at radius 1 is 1.24 bits per heavy atom. The molecule has 0 aliphatic rings. The SMILES string of the molecule is CC(C)CCCC(C)n1nnnc1-c1ccc(N)cc1F. The Kier molecular flexibility index (Phi) is 4.88. The minimum Gasteiger partial charge on any atom is -0.399 e. The zero-order valence-corrected chi connectivity index (χ0v) is 12.8. The molecule has 1 aromatic heterocycles. The number of nitrogens with zero attached hydrogens (tertiary/aromatic N) is 4. The third-order valence-electron chi connectivity index (χ3n) is 3.55. The van der Waals surface area contributed by atoms with Crippen molar-refractivity contribution in [1.29, 1.82) is 0 Å². The number of hydrogen-bond acceptors (Lipinski definition) is 4. The summed E-state index contributed by atoms with van der Waals surface area (Å²) in [4.78, 5) is 0. The number of nitrogen functional groups attached to an aromatic ring is 1. The molecule has 6 heteroatoms. The van der Waals surface area contributed by atoms with Crippen LogP contribution < -0.4 is 5.73 Å². The monoisotopic (exact) mass is 291 g/mol.